The number of thioether (sulfide) groups is 1. The largest absolute Gasteiger partial charge is 0.371 e. The third-order valence-corrected chi connectivity index (χ3v) is 4.27. The number of nitrogens with zero attached hydrogens (tertiary/aromatic N) is 1. The van der Waals surface area contributed by atoms with Crippen molar-refractivity contribution in [3.05, 3.63) is 29.1 Å². The highest BCUT2D eigenvalue weighted by Gasteiger charge is 2.19. The van der Waals surface area contributed by atoms with E-state index in [1.807, 2.05) is 24.8 Å². The summed E-state index contributed by atoms with van der Waals surface area (Å²) in [4.78, 5) is 2.24. The summed E-state index contributed by atoms with van der Waals surface area (Å²) in [5.41, 5.74) is 8.59. The van der Waals surface area contributed by atoms with Crippen LogP contribution >= 0.6 is 11.8 Å². The van der Waals surface area contributed by atoms with Crippen molar-refractivity contribution in [2.45, 2.75) is 39.3 Å². The van der Waals surface area contributed by atoms with Crippen molar-refractivity contribution in [3.63, 3.8) is 0 Å². The standard InChI is InChI=1S/C15H25FN2S/c1-6-12(9-19-5)18(4)15-7-10(2)14(16)8-13(15)11(3)17/h7-8,11-12H,6,9,17H2,1-5H3/t11-,12?/m1/s1. The van der Waals surface area contributed by atoms with E-state index in [0.717, 1.165) is 23.4 Å². The van der Waals surface area contributed by atoms with Crippen LogP contribution in [-0.2, 0) is 0 Å². The number of rotatable bonds is 6. The first kappa shape index (κ1) is 16.3. The average Bonchev–Trinajstić information content (AvgIpc) is 2.37. The van der Waals surface area contributed by atoms with Crippen molar-refractivity contribution in [2.24, 2.45) is 5.73 Å². The first-order valence-corrected chi connectivity index (χ1v) is 8.09. The molecule has 0 radical (unpaired) electrons. The van der Waals surface area contributed by atoms with Crippen LogP contribution in [0.15, 0.2) is 12.1 Å². The molecule has 1 aromatic carbocycles. The molecule has 1 aromatic rings. The van der Waals surface area contributed by atoms with Gasteiger partial charge in [-0.2, -0.15) is 11.8 Å². The topological polar surface area (TPSA) is 29.3 Å². The van der Waals surface area contributed by atoms with Crippen LogP contribution in [0, 0.1) is 12.7 Å². The van der Waals surface area contributed by atoms with E-state index in [1.54, 1.807) is 13.0 Å². The molecule has 0 heterocycles. The zero-order valence-electron chi connectivity index (χ0n) is 12.5. The third kappa shape index (κ3) is 3.86. The highest BCUT2D eigenvalue weighted by atomic mass is 32.2. The molecule has 0 fully saturated rings. The van der Waals surface area contributed by atoms with E-state index in [2.05, 4.69) is 25.1 Å². The Labute approximate surface area is 120 Å². The van der Waals surface area contributed by atoms with Crippen LogP contribution in [0.2, 0.25) is 0 Å². The quantitative estimate of drug-likeness (QED) is 0.863. The molecular weight excluding hydrogens is 259 g/mol. The Bertz CT molecular complexity index is 421. The molecule has 0 saturated carbocycles. The Morgan fingerprint density at radius 3 is 2.53 bits per heavy atom. The maximum Gasteiger partial charge on any atom is 0.126 e. The molecule has 4 heteroatoms. The lowest BCUT2D eigenvalue weighted by atomic mass is 10.0. The summed E-state index contributed by atoms with van der Waals surface area (Å²) in [7, 11) is 2.07. The second-order valence-electron chi connectivity index (χ2n) is 5.08. The van der Waals surface area contributed by atoms with Crippen molar-refractivity contribution >= 4 is 17.4 Å². The van der Waals surface area contributed by atoms with Gasteiger partial charge in [0, 0.05) is 30.6 Å². The van der Waals surface area contributed by atoms with Crippen molar-refractivity contribution < 1.29 is 4.39 Å². The zero-order valence-corrected chi connectivity index (χ0v) is 13.4. The van der Waals surface area contributed by atoms with E-state index in [1.165, 1.54) is 0 Å². The zero-order chi connectivity index (χ0) is 14.6. The Morgan fingerprint density at radius 1 is 1.42 bits per heavy atom. The monoisotopic (exact) mass is 284 g/mol. The smallest absolute Gasteiger partial charge is 0.126 e. The molecule has 0 aliphatic heterocycles. The molecule has 1 rings (SSSR count). The summed E-state index contributed by atoms with van der Waals surface area (Å²) in [5, 5.41) is 0. The van der Waals surface area contributed by atoms with E-state index in [0.29, 0.717) is 11.6 Å². The van der Waals surface area contributed by atoms with Gasteiger partial charge in [-0.1, -0.05) is 6.92 Å². The Hall–Kier alpha value is -0.740. The van der Waals surface area contributed by atoms with Crippen LogP contribution in [0.4, 0.5) is 10.1 Å². The van der Waals surface area contributed by atoms with Crippen molar-refractivity contribution in [2.75, 3.05) is 24.0 Å². The summed E-state index contributed by atoms with van der Waals surface area (Å²) >= 11 is 1.83. The fourth-order valence-electron chi connectivity index (χ4n) is 2.24. The lowest BCUT2D eigenvalue weighted by Crippen LogP contribution is -2.34. The highest BCUT2D eigenvalue weighted by Crippen LogP contribution is 2.30. The number of hydrogen-bond acceptors (Lipinski definition) is 3. The van der Waals surface area contributed by atoms with E-state index < -0.39 is 0 Å². The second-order valence-corrected chi connectivity index (χ2v) is 5.99. The minimum absolute atomic E-state index is 0.167. The molecule has 0 spiro atoms. The molecule has 0 saturated heterocycles. The normalized spacial score (nSPS) is 14.3. The van der Waals surface area contributed by atoms with Gasteiger partial charge in [-0.25, -0.2) is 4.39 Å². The highest BCUT2D eigenvalue weighted by molar-refractivity contribution is 7.98. The first-order valence-electron chi connectivity index (χ1n) is 6.69. The van der Waals surface area contributed by atoms with Crippen molar-refractivity contribution in [1.29, 1.82) is 0 Å². The second kappa shape index (κ2) is 7.15. The van der Waals surface area contributed by atoms with Gasteiger partial charge in [-0.15, -0.1) is 0 Å². The number of halogens is 1. The van der Waals surface area contributed by atoms with E-state index in [4.69, 9.17) is 5.73 Å². The lowest BCUT2D eigenvalue weighted by Gasteiger charge is -2.32. The van der Waals surface area contributed by atoms with Crippen LogP contribution in [0.5, 0.6) is 0 Å². The van der Waals surface area contributed by atoms with Crippen LogP contribution in [0.1, 0.15) is 37.4 Å². The Morgan fingerprint density at radius 2 is 2.05 bits per heavy atom. The summed E-state index contributed by atoms with van der Waals surface area (Å²) < 4.78 is 13.7. The van der Waals surface area contributed by atoms with E-state index in [9.17, 15) is 4.39 Å². The van der Waals surface area contributed by atoms with Gasteiger partial charge in [-0.05, 0) is 49.8 Å². The Kier molecular flexibility index (Phi) is 6.14. The SMILES string of the molecule is CCC(CSC)N(C)c1cc(C)c(F)cc1[C@@H](C)N. The Balaban J connectivity index is 3.19. The molecule has 2 atom stereocenters. The molecule has 2 N–H and O–H groups in total. The average molecular weight is 284 g/mol. The van der Waals surface area contributed by atoms with Gasteiger partial charge in [0.25, 0.3) is 0 Å². The van der Waals surface area contributed by atoms with Gasteiger partial charge in [0.05, 0.1) is 0 Å². The minimum atomic E-state index is -0.178. The van der Waals surface area contributed by atoms with Gasteiger partial charge in [0.2, 0.25) is 0 Å². The number of benzene rings is 1. The third-order valence-electron chi connectivity index (χ3n) is 3.56. The first-order chi connectivity index (χ1) is 8.92. The number of aryl methyl sites for hydroxylation is 1. The van der Waals surface area contributed by atoms with Crippen LogP contribution in [-0.4, -0.2) is 25.1 Å². The molecule has 108 valence electrons. The van der Waals surface area contributed by atoms with Gasteiger partial charge >= 0.3 is 0 Å². The molecule has 19 heavy (non-hydrogen) atoms. The maximum absolute atomic E-state index is 13.7. The van der Waals surface area contributed by atoms with Gasteiger partial charge < -0.3 is 10.6 Å². The fraction of sp³-hybridized carbons (Fsp3) is 0.600. The molecule has 0 amide bonds. The maximum atomic E-state index is 13.7. The molecule has 1 unspecified atom stereocenters. The number of anilines is 1. The molecule has 0 aliphatic rings. The fourth-order valence-corrected chi connectivity index (χ4v) is 3.09. The number of nitrogens with two attached hydrogens (primary N) is 1. The molecular formula is C15H25FN2S. The molecule has 2 nitrogen and oxygen atoms in total. The van der Waals surface area contributed by atoms with Crippen LogP contribution in [0.3, 0.4) is 0 Å². The van der Waals surface area contributed by atoms with Gasteiger partial charge in [0.1, 0.15) is 5.82 Å². The van der Waals surface area contributed by atoms with Crippen LogP contribution < -0.4 is 10.6 Å². The minimum Gasteiger partial charge on any atom is -0.371 e. The van der Waals surface area contributed by atoms with Gasteiger partial charge in [0.15, 0.2) is 0 Å². The lowest BCUT2D eigenvalue weighted by molar-refractivity contribution is 0.609. The molecule has 0 aromatic heterocycles. The molecule has 0 aliphatic carbocycles. The van der Waals surface area contributed by atoms with E-state index in [-0.39, 0.29) is 11.9 Å². The van der Waals surface area contributed by atoms with Gasteiger partial charge in [-0.3, -0.25) is 0 Å². The summed E-state index contributed by atoms with van der Waals surface area (Å²) in [6.07, 6.45) is 3.17. The predicted octanol–water partition coefficient (Wildman–Crippen LogP) is 3.73. The number of hydrogen-bond donors (Lipinski definition) is 1. The molecule has 0 bridgehead atoms. The summed E-state index contributed by atoms with van der Waals surface area (Å²) in [5.74, 6) is 0.879. The summed E-state index contributed by atoms with van der Waals surface area (Å²) in [6.45, 7) is 5.88. The van der Waals surface area contributed by atoms with Crippen LogP contribution in [0.25, 0.3) is 0 Å². The summed E-state index contributed by atoms with van der Waals surface area (Å²) in [6, 6.07) is 3.77. The van der Waals surface area contributed by atoms with Crippen molar-refractivity contribution in [3.8, 4) is 0 Å². The van der Waals surface area contributed by atoms with Crippen molar-refractivity contribution in [1.82, 2.24) is 0 Å². The predicted molar refractivity (Wildman–Crippen MR) is 84.6 cm³/mol. The van der Waals surface area contributed by atoms with E-state index >= 15 is 0 Å².